The molecule has 0 amide bonds. The third-order valence-corrected chi connectivity index (χ3v) is 23.8. The van der Waals surface area contributed by atoms with Crippen molar-refractivity contribution in [2.45, 2.75) is 147 Å². The summed E-state index contributed by atoms with van der Waals surface area (Å²) in [5, 5.41) is 8.63. The largest absolute Gasteiger partial charge is 0.435 e. The van der Waals surface area contributed by atoms with Crippen molar-refractivity contribution in [2.24, 2.45) is 0 Å². The number of fused-ring (bicyclic) bond motifs is 15. The summed E-state index contributed by atoms with van der Waals surface area (Å²) in [4.78, 5) is 46.2. The summed E-state index contributed by atoms with van der Waals surface area (Å²) in [5.74, 6) is 2.84. The summed E-state index contributed by atoms with van der Waals surface area (Å²) in [6.45, 7) is 34.5. The molecule has 0 saturated heterocycles. The minimum absolute atomic E-state index is 0.0898. The number of nitrogens with zero attached hydrogens (tertiary/aromatic N) is 14. The molecule has 4 aliphatic rings. The van der Waals surface area contributed by atoms with Crippen LogP contribution in [0.4, 0.5) is 68.5 Å². The molecule has 0 radical (unpaired) electrons. The first kappa shape index (κ1) is 74.2. The third-order valence-electron chi connectivity index (χ3n) is 23.8. The van der Waals surface area contributed by atoms with Crippen molar-refractivity contribution in [3.63, 3.8) is 0 Å². The number of furan rings is 4. The van der Waals surface area contributed by atoms with Gasteiger partial charge >= 0.3 is 0 Å². The number of para-hydroxylation sites is 4. The van der Waals surface area contributed by atoms with Crippen LogP contribution in [0.2, 0.25) is 0 Å². The maximum absolute atomic E-state index is 6.39. The second-order valence-corrected chi connectivity index (χ2v) is 32.0. The lowest BCUT2D eigenvalue weighted by atomic mass is 9.92. The predicted octanol–water partition coefficient (Wildman–Crippen LogP) is 25.1. The van der Waals surface area contributed by atoms with Gasteiger partial charge < -0.3 is 56.9 Å². The highest BCUT2D eigenvalue weighted by molar-refractivity contribution is 6.13. The van der Waals surface area contributed by atoms with Gasteiger partial charge in [-0.2, -0.15) is 0 Å². The molecular formula is C98H96N14O4. The molecule has 0 bridgehead atoms. The van der Waals surface area contributed by atoms with Gasteiger partial charge in [0.25, 0.3) is 0 Å². The Kier molecular flexibility index (Phi) is 18.6. The summed E-state index contributed by atoms with van der Waals surface area (Å²) < 4.78 is 25.3. The van der Waals surface area contributed by atoms with Gasteiger partial charge in [-0.15, -0.1) is 0 Å². The Bertz CT molecular complexity index is 6540. The van der Waals surface area contributed by atoms with Crippen molar-refractivity contribution in [1.82, 2.24) is 29.9 Å². The van der Waals surface area contributed by atoms with Crippen molar-refractivity contribution < 1.29 is 17.7 Å². The van der Waals surface area contributed by atoms with Crippen LogP contribution in [0.3, 0.4) is 0 Å². The Morgan fingerprint density at radius 1 is 0.293 bits per heavy atom. The highest BCUT2D eigenvalue weighted by atomic mass is 16.4. The van der Waals surface area contributed by atoms with Gasteiger partial charge in [-0.3, -0.25) is 0 Å². The Balaban J connectivity index is 0.000000108. The number of hydrogen-bond acceptors (Lipinski definition) is 18. The number of pyridine rings is 6. The smallest absolute Gasteiger partial charge is 0.227 e. The highest BCUT2D eigenvalue weighted by Crippen LogP contribution is 2.53. The number of hydrogen-bond donors (Lipinski definition) is 0. The van der Waals surface area contributed by atoms with Crippen LogP contribution in [0.1, 0.15) is 123 Å². The van der Waals surface area contributed by atoms with Crippen LogP contribution in [0.25, 0.3) is 88.3 Å². The van der Waals surface area contributed by atoms with E-state index in [2.05, 4.69) is 336 Å². The van der Waals surface area contributed by atoms with Gasteiger partial charge in [0.05, 0.1) is 45.5 Å². The number of benzene rings is 7. The van der Waals surface area contributed by atoms with Gasteiger partial charge in [-0.1, -0.05) is 125 Å². The van der Waals surface area contributed by atoms with Gasteiger partial charge in [-0.05, 0) is 225 Å². The van der Waals surface area contributed by atoms with E-state index in [1.807, 2.05) is 76.5 Å². The third kappa shape index (κ3) is 12.2. The minimum atomic E-state index is 0.0898. The molecule has 14 heterocycles. The molecule has 582 valence electrons. The summed E-state index contributed by atoms with van der Waals surface area (Å²) in [6.07, 6.45) is 8.60. The molecule has 10 aromatic heterocycles. The molecule has 18 nitrogen and oxygen atoms in total. The van der Waals surface area contributed by atoms with E-state index >= 15 is 0 Å². The fourth-order valence-electron chi connectivity index (χ4n) is 17.7. The lowest BCUT2D eigenvalue weighted by Crippen LogP contribution is -2.37. The van der Waals surface area contributed by atoms with E-state index in [0.29, 0.717) is 34.7 Å². The molecule has 116 heavy (non-hydrogen) atoms. The summed E-state index contributed by atoms with van der Waals surface area (Å²) in [6, 6.07) is 67.9. The van der Waals surface area contributed by atoms with Gasteiger partial charge in [0.15, 0.2) is 34.0 Å². The van der Waals surface area contributed by atoms with Gasteiger partial charge in [0.1, 0.15) is 24.7 Å². The average Bonchev–Trinajstić information content (AvgIpc) is 1.58. The molecule has 7 aromatic carbocycles. The summed E-state index contributed by atoms with van der Waals surface area (Å²) >= 11 is 0. The first-order valence-electron chi connectivity index (χ1n) is 40.3. The Morgan fingerprint density at radius 2 is 0.647 bits per heavy atom. The van der Waals surface area contributed by atoms with E-state index in [4.69, 9.17) is 17.7 Å². The average molecular weight is 1530 g/mol. The second kappa shape index (κ2) is 29.0. The summed E-state index contributed by atoms with van der Waals surface area (Å²) in [5.41, 5.74) is 29.1. The fourth-order valence-corrected chi connectivity index (χ4v) is 17.7. The molecule has 4 atom stereocenters. The maximum Gasteiger partial charge on any atom is 0.227 e. The lowest BCUT2D eigenvalue weighted by Gasteiger charge is -2.34. The van der Waals surface area contributed by atoms with Gasteiger partial charge in [0.2, 0.25) is 22.9 Å². The maximum atomic E-state index is 6.39. The van der Waals surface area contributed by atoms with E-state index in [-0.39, 0.29) is 24.7 Å². The van der Waals surface area contributed by atoms with Crippen LogP contribution in [-0.2, 0) is 0 Å². The zero-order chi connectivity index (χ0) is 80.5. The molecule has 4 unspecified atom stereocenters. The number of aromatic nitrogens is 6. The molecule has 4 aliphatic heterocycles. The van der Waals surface area contributed by atoms with Crippen LogP contribution in [-0.4, -0.2) is 68.7 Å². The van der Waals surface area contributed by atoms with Crippen LogP contribution < -0.4 is 39.2 Å². The standard InChI is InChI=1S/C29H33N3O.C27H23N3O.2C21H20N4O/c1-17(2)22-9-8-10-23(18(3)4)27(22)32-16-15-31(21(32)7)26-19(5)11-13-24-25-14-12-20(6)30-29(25)33-28(24)26;1-17-13-15-21-22-16-14-18(2)28-27(22)31-26(21)25(17)30-19(3)29(20-9-5-4-6-10-20)23-11-7-8-12-24(23)30;1-12-7-9-15-16-10-8-13(2)23-21(16)26-19(15)18(12)25-14(3)24(4)20-17(25)6-5-11-22-20;1-12-7-9-15-16-10-8-13(2)23-21(16)26-19(15)18(12)25-14(3)24(4)17-6-5-11-22-20(17)25/h8-18,21H,1-7H3;4-16,19H,1-3H3;2*5-11,14H,1-4H3. The second-order valence-electron chi connectivity index (χ2n) is 32.0. The Labute approximate surface area is 676 Å². The van der Waals surface area contributed by atoms with Gasteiger partial charge in [0, 0.05) is 116 Å². The molecule has 21 rings (SSSR count). The van der Waals surface area contributed by atoms with E-state index in [1.165, 1.54) is 50.6 Å². The topological polar surface area (TPSA) is 156 Å². The zero-order valence-electron chi connectivity index (χ0n) is 69.1. The molecule has 0 spiro atoms. The Morgan fingerprint density at radius 3 is 1.09 bits per heavy atom. The van der Waals surface area contributed by atoms with Crippen LogP contribution in [0.15, 0.2) is 237 Å². The van der Waals surface area contributed by atoms with E-state index in [0.717, 1.165) is 140 Å². The molecular weight excluding hydrogens is 1440 g/mol. The number of anilines is 12. The van der Waals surface area contributed by atoms with Gasteiger partial charge in [-0.25, -0.2) is 29.9 Å². The first-order valence-corrected chi connectivity index (χ1v) is 40.3. The quantitative estimate of drug-likeness (QED) is 0.141. The monoisotopic (exact) mass is 1530 g/mol. The molecule has 18 heteroatoms. The van der Waals surface area contributed by atoms with Crippen molar-refractivity contribution in [3.05, 3.63) is 275 Å². The van der Waals surface area contributed by atoms with E-state index < -0.39 is 0 Å². The molecule has 0 saturated carbocycles. The van der Waals surface area contributed by atoms with Crippen molar-refractivity contribution in [3.8, 4) is 0 Å². The highest BCUT2D eigenvalue weighted by Gasteiger charge is 2.40. The number of aryl methyl sites for hydroxylation is 8. The SMILES string of the molecule is Cc1ccc2c(n1)oc1c(N3C=CN(c4c(C(C)C)cccc4C(C)C)C3C)c(C)ccc12.Cc1ccc2c(n1)oc1c(N3c4ccccc4N(c4ccccc4)C3C)c(C)ccc12.Cc1ccc2c(n1)oc1c(N3c4cccnc4N(C)C3C)c(C)ccc12.Cc1ccc2c(n1)oc1c(N3c4ncccc4N(C)C3C)c(C)ccc12. The number of rotatable bonds is 8. The summed E-state index contributed by atoms with van der Waals surface area (Å²) in [7, 11) is 4.18. The van der Waals surface area contributed by atoms with Crippen molar-refractivity contribution >= 4 is 157 Å². The zero-order valence-corrected chi connectivity index (χ0v) is 69.1. The van der Waals surface area contributed by atoms with Crippen LogP contribution in [0.5, 0.6) is 0 Å². The Hall–Kier alpha value is -13.2. The minimum Gasteiger partial charge on any atom is -0.435 e. The van der Waals surface area contributed by atoms with E-state index in [9.17, 15) is 0 Å². The van der Waals surface area contributed by atoms with Crippen LogP contribution >= 0.6 is 0 Å². The molecule has 0 fully saturated rings. The van der Waals surface area contributed by atoms with E-state index in [1.54, 1.807) is 0 Å². The molecule has 0 aliphatic carbocycles. The van der Waals surface area contributed by atoms with Crippen molar-refractivity contribution in [1.29, 1.82) is 0 Å². The fraction of sp³-hybridized carbons (Fsp3) is 0.245. The van der Waals surface area contributed by atoms with Crippen LogP contribution in [0, 0.1) is 55.4 Å². The lowest BCUT2D eigenvalue weighted by molar-refractivity contribution is 0.646. The molecule has 17 aromatic rings. The molecule has 0 N–H and O–H groups in total. The predicted molar refractivity (Wildman–Crippen MR) is 477 cm³/mol. The van der Waals surface area contributed by atoms with Crippen molar-refractivity contribution in [2.75, 3.05) is 53.3 Å². The first-order chi connectivity index (χ1) is 56.0. The normalized spacial score (nSPS) is 16.3.